The largest absolute Gasteiger partial charge is 0.492 e. The van der Waals surface area contributed by atoms with Gasteiger partial charge in [0.1, 0.15) is 17.9 Å². The minimum absolute atomic E-state index is 0.207. The van der Waals surface area contributed by atoms with E-state index in [0.29, 0.717) is 47.7 Å². The average molecular weight is 496 g/mol. The summed E-state index contributed by atoms with van der Waals surface area (Å²) in [6, 6.07) is 20.5. The van der Waals surface area contributed by atoms with Crippen molar-refractivity contribution >= 4 is 16.9 Å². The number of fused-ring (bicyclic) bond motifs is 1. The second-order valence-corrected chi connectivity index (χ2v) is 8.64. The number of ether oxygens (including phenoxy) is 1. The Morgan fingerprint density at radius 3 is 2.54 bits per heavy atom. The van der Waals surface area contributed by atoms with Crippen LogP contribution in [0.2, 0.25) is 0 Å². The SMILES string of the molecule is Cc1ccc(Cn2c(=O)[nH]c(=O)c3[nH]c(-c4ccc(OCCNC(=O)c5cccnc5)cc4)cc32)cc1. The number of hydrogen-bond acceptors (Lipinski definition) is 5. The number of aromatic amines is 2. The predicted molar refractivity (Wildman–Crippen MR) is 141 cm³/mol. The van der Waals surface area contributed by atoms with Crippen molar-refractivity contribution in [3.8, 4) is 17.0 Å². The van der Waals surface area contributed by atoms with Crippen molar-refractivity contribution in [3.05, 3.63) is 117 Å². The summed E-state index contributed by atoms with van der Waals surface area (Å²) in [5.74, 6) is 0.436. The number of hydrogen-bond donors (Lipinski definition) is 3. The molecule has 3 N–H and O–H groups in total. The molecule has 0 aliphatic heterocycles. The van der Waals surface area contributed by atoms with Crippen LogP contribution in [0.15, 0.2) is 88.7 Å². The van der Waals surface area contributed by atoms with Crippen LogP contribution in [0.25, 0.3) is 22.3 Å². The first-order chi connectivity index (χ1) is 18.0. The van der Waals surface area contributed by atoms with Crippen LogP contribution in [0.5, 0.6) is 5.75 Å². The molecule has 186 valence electrons. The number of aryl methyl sites for hydroxylation is 1. The molecule has 0 saturated carbocycles. The summed E-state index contributed by atoms with van der Waals surface area (Å²) in [5, 5.41) is 2.79. The van der Waals surface area contributed by atoms with E-state index < -0.39 is 11.2 Å². The Balaban J connectivity index is 1.28. The van der Waals surface area contributed by atoms with E-state index in [0.717, 1.165) is 16.7 Å². The first-order valence-corrected chi connectivity index (χ1v) is 11.8. The van der Waals surface area contributed by atoms with E-state index >= 15 is 0 Å². The highest BCUT2D eigenvalue weighted by Crippen LogP contribution is 2.24. The van der Waals surface area contributed by atoms with E-state index in [1.165, 1.54) is 6.20 Å². The maximum Gasteiger partial charge on any atom is 0.329 e. The molecule has 0 aliphatic carbocycles. The van der Waals surface area contributed by atoms with Crippen LogP contribution < -0.4 is 21.3 Å². The molecular formula is C28H25N5O4. The highest BCUT2D eigenvalue weighted by Gasteiger charge is 2.13. The monoisotopic (exact) mass is 495 g/mol. The predicted octanol–water partition coefficient (Wildman–Crippen LogP) is 3.25. The molecule has 37 heavy (non-hydrogen) atoms. The normalized spacial score (nSPS) is 10.9. The zero-order valence-corrected chi connectivity index (χ0v) is 20.2. The maximum absolute atomic E-state index is 12.6. The lowest BCUT2D eigenvalue weighted by atomic mass is 10.1. The Morgan fingerprint density at radius 1 is 1.03 bits per heavy atom. The van der Waals surface area contributed by atoms with Crippen LogP contribution >= 0.6 is 0 Å². The molecule has 0 fully saturated rings. The highest BCUT2D eigenvalue weighted by molar-refractivity contribution is 5.93. The summed E-state index contributed by atoms with van der Waals surface area (Å²) in [6.07, 6.45) is 3.12. The van der Waals surface area contributed by atoms with Gasteiger partial charge >= 0.3 is 5.69 Å². The topological polar surface area (TPSA) is 122 Å². The Kier molecular flexibility index (Phi) is 6.67. The standard InChI is InChI=1S/C28H25N5O4/c1-18-4-6-19(7-5-18)17-33-24-15-23(31-25(24)27(35)32-28(33)36)20-8-10-22(11-9-20)37-14-13-30-26(34)21-3-2-12-29-16-21/h2-12,15-16,31H,13-14,17H2,1H3,(H,30,34)(H,32,35,36). The van der Waals surface area contributed by atoms with Gasteiger partial charge < -0.3 is 15.0 Å². The Labute approximate surface area is 211 Å². The van der Waals surface area contributed by atoms with Gasteiger partial charge in [-0.25, -0.2) is 4.79 Å². The van der Waals surface area contributed by atoms with Gasteiger partial charge in [-0.05, 0) is 60.5 Å². The maximum atomic E-state index is 12.6. The molecule has 1 amide bonds. The van der Waals surface area contributed by atoms with Crippen molar-refractivity contribution in [2.75, 3.05) is 13.2 Å². The van der Waals surface area contributed by atoms with Gasteiger partial charge in [0.05, 0.1) is 24.2 Å². The van der Waals surface area contributed by atoms with Gasteiger partial charge in [-0.15, -0.1) is 0 Å². The average Bonchev–Trinajstić information content (AvgIpc) is 3.37. The minimum atomic E-state index is -0.459. The van der Waals surface area contributed by atoms with E-state index in [4.69, 9.17) is 4.74 Å². The van der Waals surface area contributed by atoms with E-state index in [9.17, 15) is 14.4 Å². The molecule has 9 heteroatoms. The third kappa shape index (κ3) is 5.35. The van der Waals surface area contributed by atoms with Gasteiger partial charge in [0.25, 0.3) is 11.5 Å². The minimum Gasteiger partial charge on any atom is -0.492 e. The zero-order valence-electron chi connectivity index (χ0n) is 20.2. The number of rotatable bonds is 8. The summed E-state index contributed by atoms with van der Waals surface area (Å²) in [7, 11) is 0. The second kappa shape index (κ2) is 10.4. The summed E-state index contributed by atoms with van der Waals surface area (Å²) >= 11 is 0. The Morgan fingerprint density at radius 2 is 1.81 bits per heavy atom. The fourth-order valence-corrected chi connectivity index (χ4v) is 4.02. The number of H-pyrrole nitrogens is 2. The van der Waals surface area contributed by atoms with Gasteiger partial charge in [0.2, 0.25) is 0 Å². The van der Waals surface area contributed by atoms with E-state index in [2.05, 4.69) is 20.3 Å². The first kappa shape index (κ1) is 23.8. The lowest BCUT2D eigenvalue weighted by molar-refractivity contribution is 0.0946. The van der Waals surface area contributed by atoms with Crippen molar-refractivity contribution in [3.63, 3.8) is 0 Å². The number of aromatic nitrogens is 4. The van der Waals surface area contributed by atoms with Crippen LogP contribution in [0.1, 0.15) is 21.5 Å². The Hall–Kier alpha value is -4.92. The summed E-state index contributed by atoms with van der Waals surface area (Å²) < 4.78 is 7.28. The molecule has 0 aliphatic rings. The van der Waals surface area contributed by atoms with Crippen LogP contribution in [-0.2, 0) is 6.54 Å². The number of benzene rings is 2. The molecule has 5 aromatic rings. The van der Waals surface area contributed by atoms with E-state index in [-0.39, 0.29) is 5.91 Å². The summed E-state index contributed by atoms with van der Waals surface area (Å²) in [5.41, 5.74) is 4.09. The van der Waals surface area contributed by atoms with E-state index in [1.54, 1.807) is 22.9 Å². The first-order valence-electron chi connectivity index (χ1n) is 11.8. The lowest BCUT2D eigenvalue weighted by Gasteiger charge is -2.08. The molecule has 0 unspecified atom stereocenters. The molecule has 0 bridgehead atoms. The quantitative estimate of drug-likeness (QED) is 0.285. The van der Waals surface area contributed by atoms with Gasteiger partial charge in [-0.2, -0.15) is 0 Å². The van der Waals surface area contributed by atoms with Crippen LogP contribution in [-0.4, -0.2) is 38.6 Å². The molecule has 0 saturated heterocycles. The fraction of sp³-hybridized carbons (Fsp3) is 0.143. The number of amides is 1. The molecule has 3 aromatic heterocycles. The number of carbonyl (C=O) groups is 1. The van der Waals surface area contributed by atoms with Gasteiger partial charge in [-0.3, -0.25) is 24.1 Å². The molecular weight excluding hydrogens is 470 g/mol. The third-order valence-corrected chi connectivity index (χ3v) is 5.99. The highest BCUT2D eigenvalue weighted by atomic mass is 16.5. The lowest BCUT2D eigenvalue weighted by Crippen LogP contribution is -2.30. The van der Waals surface area contributed by atoms with Crippen molar-refractivity contribution < 1.29 is 9.53 Å². The number of pyridine rings is 1. The van der Waals surface area contributed by atoms with Crippen LogP contribution in [0.4, 0.5) is 0 Å². The van der Waals surface area contributed by atoms with Crippen molar-refractivity contribution in [1.29, 1.82) is 0 Å². The molecule has 0 radical (unpaired) electrons. The number of carbonyl (C=O) groups excluding carboxylic acids is 1. The van der Waals surface area contributed by atoms with Crippen molar-refractivity contribution in [2.45, 2.75) is 13.5 Å². The van der Waals surface area contributed by atoms with Crippen LogP contribution in [0.3, 0.4) is 0 Å². The molecule has 3 heterocycles. The molecule has 2 aromatic carbocycles. The van der Waals surface area contributed by atoms with Gasteiger partial charge in [-0.1, -0.05) is 29.8 Å². The molecule has 0 atom stereocenters. The summed E-state index contributed by atoms with van der Waals surface area (Å²) in [4.78, 5) is 46.6. The summed E-state index contributed by atoms with van der Waals surface area (Å²) in [6.45, 7) is 3.00. The fourth-order valence-electron chi connectivity index (χ4n) is 4.02. The molecule has 5 rings (SSSR count). The molecule has 9 nitrogen and oxygen atoms in total. The van der Waals surface area contributed by atoms with Crippen molar-refractivity contribution in [2.24, 2.45) is 0 Å². The van der Waals surface area contributed by atoms with Gasteiger partial charge in [0.15, 0.2) is 0 Å². The number of nitrogens with one attached hydrogen (secondary N) is 3. The smallest absolute Gasteiger partial charge is 0.329 e. The third-order valence-electron chi connectivity index (χ3n) is 5.99. The number of nitrogens with zero attached hydrogens (tertiary/aromatic N) is 2. The van der Waals surface area contributed by atoms with Crippen molar-refractivity contribution in [1.82, 2.24) is 24.8 Å². The zero-order chi connectivity index (χ0) is 25.8. The second-order valence-electron chi connectivity index (χ2n) is 8.64. The van der Waals surface area contributed by atoms with Gasteiger partial charge in [0, 0.05) is 18.1 Å². The molecule has 0 spiro atoms. The van der Waals surface area contributed by atoms with Crippen LogP contribution in [0, 0.1) is 6.92 Å². The Bertz CT molecular complexity index is 1650. The van der Waals surface area contributed by atoms with E-state index in [1.807, 2.05) is 61.5 Å².